The number of nitrogens with two attached hydrogens (primary N) is 1. The molecular formula is C11H15N3O3S. The number of hydrogen-bond acceptors (Lipinski definition) is 5. The first-order valence-electron chi connectivity index (χ1n) is 5.64. The monoisotopic (exact) mass is 269 g/mol. The predicted octanol–water partition coefficient (Wildman–Crippen LogP) is 0.144. The van der Waals surface area contributed by atoms with E-state index in [0.29, 0.717) is 19.5 Å². The zero-order valence-corrected chi connectivity index (χ0v) is 10.9. The van der Waals surface area contributed by atoms with Gasteiger partial charge in [-0.15, -0.1) is 0 Å². The van der Waals surface area contributed by atoms with Crippen molar-refractivity contribution in [1.29, 1.82) is 0 Å². The van der Waals surface area contributed by atoms with Gasteiger partial charge in [-0.3, -0.25) is 4.79 Å². The Morgan fingerprint density at radius 1 is 1.50 bits per heavy atom. The summed E-state index contributed by atoms with van der Waals surface area (Å²) in [5, 5.41) is 4.89. The Bertz CT molecular complexity index is 571. The fourth-order valence-corrected chi connectivity index (χ4v) is 2.49. The third-order valence-corrected chi connectivity index (χ3v) is 3.85. The standard InChI is InChI=1S/C11H15N3O3S/c1-8-7-14(5-3-10(8)15)9-2-4-13-11(6-9)18(12,16)17/h2,4,6,8H,3,5,7H2,1H3,(H2,12,16,17). The number of ketones is 1. The SMILES string of the molecule is CC1CN(c2ccnc(S(N)(=O)=O)c2)CCC1=O. The van der Waals surface area contributed by atoms with Gasteiger partial charge in [0.1, 0.15) is 5.78 Å². The van der Waals surface area contributed by atoms with Crippen LogP contribution in [0.5, 0.6) is 0 Å². The second-order valence-corrected chi connectivity index (χ2v) is 5.97. The average Bonchev–Trinajstić information content (AvgIpc) is 2.32. The van der Waals surface area contributed by atoms with Crippen LogP contribution in [0.3, 0.4) is 0 Å². The van der Waals surface area contributed by atoms with E-state index in [4.69, 9.17) is 5.14 Å². The van der Waals surface area contributed by atoms with Crippen molar-refractivity contribution in [3.05, 3.63) is 18.3 Å². The molecule has 0 radical (unpaired) electrons. The Morgan fingerprint density at radius 2 is 2.22 bits per heavy atom. The number of sulfonamides is 1. The fourth-order valence-electron chi connectivity index (χ4n) is 2.00. The molecule has 0 bridgehead atoms. The number of primary sulfonamides is 1. The van der Waals surface area contributed by atoms with Crippen LogP contribution in [0.15, 0.2) is 23.4 Å². The van der Waals surface area contributed by atoms with Crippen molar-refractivity contribution >= 4 is 21.5 Å². The van der Waals surface area contributed by atoms with Crippen LogP contribution in [-0.2, 0) is 14.8 Å². The van der Waals surface area contributed by atoms with Crippen LogP contribution in [0.25, 0.3) is 0 Å². The largest absolute Gasteiger partial charge is 0.370 e. The molecule has 0 saturated carbocycles. The van der Waals surface area contributed by atoms with Gasteiger partial charge in [-0.05, 0) is 6.07 Å². The molecule has 1 aliphatic rings. The lowest BCUT2D eigenvalue weighted by Gasteiger charge is -2.31. The second kappa shape index (κ2) is 4.66. The number of piperidine rings is 1. The number of Topliss-reactive ketones (excluding diaryl/α,β-unsaturated/α-hetero) is 1. The Morgan fingerprint density at radius 3 is 2.83 bits per heavy atom. The minimum absolute atomic E-state index is 0.0372. The van der Waals surface area contributed by atoms with E-state index in [1.54, 1.807) is 6.07 Å². The van der Waals surface area contributed by atoms with Crippen molar-refractivity contribution in [2.24, 2.45) is 11.1 Å². The molecule has 0 spiro atoms. The summed E-state index contributed by atoms with van der Waals surface area (Å²) < 4.78 is 22.5. The van der Waals surface area contributed by atoms with Crippen molar-refractivity contribution in [3.8, 4) is 0 Å². The van der Waals surface area contributed by atoms with E-state index in [0.717, 1.165) is 5.69 Å². The molecule has 1 fully saturated rings. The Hall–Kier alpha value is -1.47. The number of nitrogens with zero attached hydrogens (tertiary/aromatic N) is 2. The number of rotatable bonds is 2. The summed E-state index contributed by atoms with van der Waals surface area (Å²) in [6.45, 7) is 3.06. The highest BCUT2D eigenvalue weighted by Crippen LogP contribution is 2.22. The van der Waals surface area contributed by atoms with Crippen LogP contribution >= 0.6 is 0 Å². The average molecular weight is 269 g/mol. The Labute approximate surface area is 106 Å². The van der Waals surface area contributed by atoms with Gasteiger partial charge in [-0.1, -0.05) is 6.92 Å². The van der Waals surface area contributed by atoms with Gasteiger partial charge in [0, 0.05) is 43.4 Å². The van der Waals surface area contributed by atoms with E-state index in [1.807, 2.05) is 11.8 Å². The summed E-state index contributed by atoms with van der Waals surface area (Å²) in [6, 6.07) is 3.16. The number of carbonyl (C=O) groups is 1. The molecule has 0 aliphatic carbocycles. The molecule has 1 aliphatic heterocycles. The second-order valence-electron chi connectivity index (χ2n) is 4.46. The van der Waals surface area contributed by atoms with Crippen LogP contribution < -0.4 is 10.0 Å². The zero-order chi connectivity index (χ0) is 13.3. The summed E-state index contributed by atoms with van der Waals surface area (Å²) in [4.78, 5) is 17.1. The number of carbonyl (C=O) groups excluding carboxylic acids is 1. The highest BCUT2D eigenvalue weighted by atomic mass is 32.2. The summed E-state index contributed by atoms with van der Waals surface area (Å²) in [7, 11) is -3.79. The van der Waals surface area contributed by atoms with E-state index in [9.17, 15) is 13.2 Å². The van der Waals surface area contributed by atoms with Crippen LogP contribution in [0.4, 0.5) is 5.69 Å². The molecule has 0 aromatic carbocycles. The first-order valence-corrected chi connectivity index (χ1v) is 7.19. The van der Waals surface area contributed by atoms with Gasteiger partial charge in [0.15, 0.2) is 5.03 Å². The number of anilines is 1. The van der Waals surface area contributed by atoms with Gasteiger partial charge in [0.2, 0.25) is 0 Å². The highest BCUT2D eigenvalue weighted by molar-refractivity contribution is 7.89. The van der Waals surface area contributed by atoms with Gasteiger partial charge < -0.3 is 4.90 Å². The Balaban J connectivity index is 2.27. The zero-order valence-electron chi connectivity index (χ0n) is 10.0. The van der Waals surface area contributed by atoms with Gasteiger partial charge >= 0.3 is 0 Å². The van der Waals surface area contributed by atoms with Crippen LogP contribution in [0.1, 0.15) is 13.3 Å². The number of aromatic nitrogens is 1. The molecule has 0 amide bonds. The van der Waals surface area contributed by atoms with E-state index < -0.39 is 10.0 Å². The molecule has 2 rings (SSSR count). The lowest BCUT2D eigenvalue weighted by molar-refractivity contribution is -0.122. The molecule has 2 N–H and O–H groups in total. The van der Waals surface area contributed by atoms with E-state index in [2.05, 4.69) is 4.98 Å². The lowest BCUT2D eigenvalue weighted by Crippen LogP contribution is -2.39. The quantitative estimate of drug-likeness (QED) is 0.824. The molecule has 18 heavy (non-hydrogen) atoms. The molecule has 1 aromatic rings. The van der Waals surface area contributed by atoms with E-state index in [1.165, 1.54) is 12.3 Å². The lowest BCUT2D eigenvalue weighted by atomic mass is 9.98. The smallest absolute Gasteiger partial charge is 0.255 e. The first-order chi connectivity index (χ1) is 8.38. The molecule has 1 atom stereocenters. The third kappa shape index (κ3) is 2.68. The molecule has 1 saturated heterocycles. The van der Waals surface area contributed by atoms with Gasteiger partial charge in [-0.2, -0.15) is 0 Å². The van der Waals surface area contributed by atoms with Crippen molar-refractivity contribution in [1.82, 2.24) is 4.98 Å². The Kier molecular flexibility index (Phi) is 3.36. The van der Waals surface area contributed by atoms with Crippen LogP contribution in [-0.4, -0.2) is 32.3 Å². The molecule has 98 valence electrons. The molecule has 1 aromatic heterocycles. The topological polar surface area (TPSA) is 93.4 Å². The van der Waals surface area contributed by atoms with Crippen molar-refractivity contribution in [2.45, 2.75) is 18.4 Å². The molecule has 7 heteroatoms. The van der Waals surface area contributed by atoms with Gasteiger partial charge in [-0.25, -0.2) is 18.5 Å². The first kappa shape index (κ1) is 13.0. The van der Waals surface area contributed by atoms with Gasteiger partial charge in [0.25, 0.3) is 10.0 Å². The predicted molar refractivity (Wildman–Crippen MR) is 66.6 cm³/mol. The number of pyridine rings is 1. The maximum atomic E-state index is 11.4. The van der Waals surface area contributed by atoms with Gasteiger partial charge in [0.05, 0.1) is 0 Å². The summed E-state index contributed by atoms with van der Waals surface area (Å²) >= 11 is 0. The van der Waals surface area contributed by atoms with Crippen molar-refractivity contribution in [3.63, 3.8) is 0 Å². The molecule has 2 heterocycles. The van der Waals surface area contributed by atoms with E-state index >= 15 is 0 Å². The minimum Gasteiger partial charge on any atom is -0.370 e. The summed E-state index contributed by atoms with van der Waals surface area (Å²) in [6.07, 6.45) is 1.89. The third-order valence-electron chi connectivity index (χ3n) is 3.05. The number of hydrogen-bond donors (Lipinski definition) is 1. The molecule has 6 nitrogen and oxygen atoms in total. The fraction of sp³-hybridized carbons (Fsp3) is 0.455. The van der Waals surface area contributed by atoms with Crippen LogP contribution in [0, 0.1) is 5.92 Å². The van der Waals surface area contributed by atoms with E-state index in [-0.39, 0.29) is 16.7 Å². The maximum Gasteiger partial charge on any atom is 0.255 e. The van der Waals surface area contributed by atoms with Crippen LogP contribution in [0.2, 0.25) is 0 Å². The minimum atomic E-state index is -3.79. The highest BCUT2D eigenvalue weighted by Gasteiger charge is 2.24. The summed E-state index contributed by atoms with van der Waals surface area (Å²) in [5.74, 6) is 0.205. The van der Waals surface area contributed by atoms with Crippen molar-refractivity contribution < 1.29 is 13.2 Å². The normalized spacial score (nSPS) is 21.1. The van der Waals surface area contributed by atoms with Crippen molar-refractivity contribution in [2.75, 3.05) is 18.0 Å². The molecule has 1 unspecified atom stereocenters. The summed E-state index contributed by atoms with van der Waals surface area (Å²) in [5.41, 5.74) is 0.730. The maximum absolute atomic E-state index is 11.4. The molecular weight excluding hydrogens is 254 g/mol.